The third-order valence-electron chi connectivity index (χ3n) is 4.60. The van der Waals surface area contributed by atoms with Crippen LogP contribution in [0.15, 0.2) is 24.3 Å². The fourth-order valence-electron chi connectivity index (χ4n) is 3.47. The lowest BCUT2D eigenvalue weighted by Crippen LogP contribution is -2.39. The maximum Gasteiger partial charge on any atom is 0.103 e. The Morgan fingerprint density at radius 3 is 2.80 bits per heavy atom. The summed E-state index contributed by atoms with van der Waals surface area (Å²) in [6, 6.07) is 9.06. The molecule has 1 aromatic carbocycles. The van der Waals surface area contributed by atoms with Crippen molar-refractivity contribution in [2.45, 2.75) is 51.6 Å². The highest BCUT2D eigenvalue weighted by molar-refractivity contribution is 7.80. The molecular weight excluding hydrogens is 264 g/mol. The van der Waals surface area contributed by atoms with E-state index in [0.717, 1.165) is 24.1 Å². The normalized spacial score (nSPS) is 22.9. The minimum absolute atomic E-state index is 0.485. The SMILES string of the molecule is CCC1CCCCC1N(C)Cc1cccc(C(N)=S)c1. The van der Waals surface area contributed by atoms with Crippen LogP contribution in [0.3, 0.4) is 0 Å². The fraction of sp³-hybridized carbons (Fsp3) is 0.588. The molecule has 1 fully saturated rings. The van der Waals surface area contributed by atoms with E-state index in [4.69, 9.17) is 18.0 Å². The molecule has 1 saturated carbocycles. The number of nitrogens with two attached hydrogens (primary N) is 1. The van der Waals surface area contributed by atoms with Crippen molar-refractivity contribution in [3.05, 3.63) is 35.4 Å². The quantitative estimate of drug-likeness (QED) is 0.838. The van der Waals surface area contributed by atoms with Gasteiger partial charge in [-0.15, -0.1) is 0 Å². The first-order chi connectivity index (χ1) is 9.61. The number of rotatable bonds is 5. The van der Waals surface area contributed by atoms with Gasteiger partial charge in [-0.1, -0.05) is 56.6 Å². The minimum atomic E-state index is 0.485. The van der Waals surface area contributed by atoms with Crippen LogP contribution in [-0.2, 0) is 6.54 Å². The zero-order valence-electron chi connectivity index (χ0n) is 12.6. The second-order valence-electron chi connectivity index (χ2n) is 6.00. The van der Waals surface area contributed by atoms with Gasteiger partial charge in [-0.25, -0.2) is 0 Å². The van der Waals surface area contributed by atoms with Crippen LogP contribution in [-0.4, -0.2) is 23.0 Å². The van der Waals surface area contributed by atoms with Gasteiger partial charge in [-0.05, 0) is 37.4 Å². The fourth-order valence-corrected chi connectivity index (χ4v) is 3.60. The Morgan fingerprint density at radius 2 is 2.10 bits per heavy atom. The third kappa shape index (κ3) is 3.80. The van der Waals surface area contributed by atoms with Crippen molar-refractivity contribution in [1.82, 2.24) is 4.90 Å². The van der Waals surface area contributed by atoms with E-state index in [1.165, 1.54) is 37.7 Å². The van der Waals surface area contributed by atoms with E-state index in [-0.39, 0.29) is 0 Å². The van der Waals surface area contributed by atoms with E-state index in [9.17, 15) is 0 Å². The first kappa shape index (κ1) is 15.5. The van der Waals surface area contributed by atoms with Gasteiger partial charge in [0, 0.05) is 18.2 Å². The molecule has 0 spiro atoms. The van der Waals surface area contributed by atoms with Crippen LogP contribution in [0, 0.1) is 5.92 Å². The monoisotopic (exact) mass is 290 g/mol. The van der Waals surface area contributed by atoms with Gasteiger partial charge < -0.3 is 5.73 Å². The van der Waals surface area contributed by atoms with Gasteiger partial charge in [0.25, 0.3) is 0 Å². The second kappa shape index (κ2) is 7.19. The Kier molecular flexibility index (Phi) is 5.55. The standard InChI is InChI=1S/C17H26N2S/c1-3-14-8-4-5-10-16(14)19(2)12-13-7-6-9-15(11-13)17(18)20/h6-7,9,11,14,16H,3-5,8,10,12H2,1-2H3,(H2,18,20). The van der Waals surface area contributed by atoms with E-state index in [1.54, 1.807) is 0 Å². The molecule has 0 saturated heterocycles. The first-order valence-corrected chi connectivity index (χ1v) is 8.11. The van der Waals surface area contributed by atoms with E-state index < -0.39 is 0 Å². The van der Waals surface area contributed by atoms with Crippen molar-refractivity contribution >= 4 is 17.2 Å². The van der Waals surface area contributed by atoms with Crippen LogP contribution in [0.1, 0.15) is 50.2 Å². The van der Waals surface area contributed by atoms with Gasteiger partial charge in [0.2, 0.25) is 0 Å². The Balaban J connectivity index is 2.04. The first-order valence-electron chi connectivity index (χ1n) is 7.70. The molecule has 2 nitrogen and oxygen atoms in total. The molecule has 2 N–H and O–H groups in total. The van der Waals surface area contributed by atoms with E-state index >= 15 is 0 Å². The molecule has 0 amide bonds. The molecule has 1 aromatic rings. The van der Waals surface area contributed by atoms with Gasteiger partial charge >= 0.3 is 0 Å². The van der Waals surface area contributed by atoms with Crippen LogP contribution < -0.4 is 5.73 Å². The molecule has 20 heavy (non-hydrogen) atoms. The number of benzene rings is 1. The maximum absolute atomic E-state index is 5.72. The topological polar surface area (TPSA) is 29.3 Å². The highest BCUT2D eigenvalue weighted by Gasteiger charge is 2.26. The summed E-state index contributed by atoms with van der Waals surface area (Å²) in [5.41, 5.74) is 8.00. The van der Waals surface area contributed by atoms with E-state index in [0.29, 0.717) is 4.99 Å². The Hall–Kier alpha value is -0.930. The molecular formula is C17H26N2S. The van der Waals surface area contributed by atoms with Crippen molar-refractivity contribution in [1.29, 1.82) is 0 Å². The summed E-state index contributed by atoms with van der Waals surface area (Å²) in [7, 11) is 2.26. The number of hydrogen-bond acceptors (Lipinski definition) is 2. The second-order valence-corrected chi connectivity index (χ2v) is 6.44. The Bertz CT molecular complexity index is 458. The molecule has 0 bridgehead atoms. The summed E-state index contributed by atoms with van der Waals surface area (Å²) in [6.07, 6.45) is 6.79. The number of nitrogens with zero attached hydrogens (tertiary/aromatic N) is 1. The van der Waals surface area contributed by atoms with E-state index in [1.807, 2.05) is 6.07 Å². The average Bonchev–Trinajstić information content (AvgIpc) is 2.47. The average molecular weight is 290 g/mol. The van der Waals surface area contributed by atoms with Gasteiger partial charge in [0.15, 0.2) is 0 Å². The van der Waals surface area contributed by atoms with Crippen LogP contribution in [0.25, 0.3) is 0 Å². The molecule has 2 unspecified atom stereocenters. The van der Waals surface area contributed by atoms with Gasteiger partial charge in [0.1, 0.15) is 4.99 Å². The molecule has 2 rings (SSSR count). The van der Waals surface area contributed by atoms with Gasteiger partial charge in [0.05, 0.1) is 0 Å². The molecule has 0 aromatic heterocycles. The molecule has 1 aliphatic rings. The van der Waals surface area contributed by atoms with Crippen LogP contribution in [0.5, 0.6) is 0 Å². The molecule has 0 radical (unpaired) electrons. The zero-order chi connectivity index (χ0) is 14.5. The summed E-state index contributed by atoms with van der Waals surface area (Å²) in [5.74, 6) is 0.854. The molecule has 0 heterocycles. The largest absolute Gasteiger partial charge is 0.389 e. The predicted molar refractivity (Wildman–Crippen MR) is 89.8 cm³/mol. The van der Waals surface area contributed by atoms with Gasteiger partial charge in [-0.3, -0.25) is 4.90 Å². The summed E-state index contributed by atoms with van der Waals surface area (Å²) in [4.78, 5) is 3.00. The summed E-state index contributed by atoms with van der Waals surface area (Å²) < 4.78 is 0. The lowest BCUT2D eigenvalue weighted by atomic mass is 9.82. The lowest BCUT2D eigenvalue weighted by molar-refractivity contribution is 0.120. The molecule has 0 aliphatic heterocycles. The van der Waals surface area contributed by atoms with Crippen LogP contribution >= 0.6 is 12.2 Å². The van der Waals surface area contributed by atoms with Gasteiger partial charge in [-0.2, -0.15) is 0 Å². The van der Waals surface area contributed by atoms with Crippen molar-refractivity contribution in [3.8, 4) is 0 Å². The maximum atomic E-state index is 5.72. The number of thiocarbonyl (C=S) groups is 1. The highest BCUT2D eigenvalue weighted by Crippen LogP contribution is 2.30. The Morgan fingerprint density at radius 1 is 1.35 bits per heavy atom. The van der Waals surface area contributed by atoms with E-state index in [2.05, 4.69) is 37.1 Å². The summed E-state index contributed by atoms with van der Waals surface area (Å²) in [5, 5.41) is 0. The molecule has 1 aliphatic carbocycles. The summed E-state index contributed by atoms with van der Waals surface area (Å²) >= 11 is 5.06. The van der Waals surface area contributed by atoms with Crippen molar-refractivity contribution in [3.63, 3.8) is 0 Å². The highest BCUT2D eigenvalue weighted by atomic mass is 32.1. The van der Waals surface area contributed by atoms with Crippen LogP contribution in [0.4, 0.5) is 0 Å². The van der Waals surface area contributed by atoms with Crippen molar-refractivity contribution < 1.29 is 0 Å². The Labute approximate surface area is 128 Å². The lowest BCUT2D eigenvalue weighted by Gasteiger charge is -2.37. The number of hydrogen-bond donors (Lipinski definition) is 1. The zero-order valence-corrected chi connectivity index (χ0v) is 13.5. The predicted octanol–water partition coefficient (Wildman–Crippen LogP) is 3.72. The minimum Gasteiger partial charge on any atom is -0.389 e. The third-order valence-corrected chi connectivity index (χ3v) is 4.84. The molecule has 2 atom stereocenters. The van der Waals surface area contributed by atoms with Crippen molar-refractivity contribution in [2.75, 3.05) is 7.05 Å². The smallest absolute Gasteiger partial charge is 0.103 e. The van der Waals surface area contributed by atoms with Crippen LogP contribution in [0.2, 0.25) is 0 Å². The molecule has 3 heteroatoms. The summed E-state index contributed by atoms with van der Waals surface area (Å²) in [6.45, 7) is 3.31. The van der Waals surface area contributed by atoms with Crippen molar-refractivity contribution in [2.24, 2.45) is 11.7 Å². The molecule has 110 valence electrons.